The fraction of sp³-hybridized carbons (Fsp3) is 0.435. The van der Waals surface area contributed by atoms with E-state index in [1.807, 2.05) is 31.6 Å². The summed E-state index contributed by atoms with van der Waals surface area (Å²) in [5.41, 5.74) is 2.15. The number of anilines is 1. The number of benzene rings is 1. The molecule has 4 rings (SSSR count). The lowest BCUT2D eigenvalue weighted by atomic mass is 9.99. The number of carbonyl (C=O) groups is 1. The number of methoxy groups -OCH3 is 1. The van der Waals surface area contributed by atoms with Crippen molar-refractivity contribution < 1.29 is 9.53 Å². The summed E-state index contributed by atoms with van der Waals surface area (Å²) in [5, 5.41) is 9.91. The average Bonchev–Trinajstić information content (AvgIpc) is 3.31. The number of rotatable bonds is 7. The molecule has 0 spiro atoms. The van der Waals surface area contributed by atoms with E-state index in [0.29, 0.717) is 23.4 Å². The summed E-state index contributed by atoms with van der Waals surface area (Å²) in [6.45, 7) is 4.80. The number of ether oxygens (including phenoxy) is 1. The number of halogens is 1. The molecule has 30 heavy (non-hydrogen) atoms. The molecular weight excluding hydrogens is 400 g/mol. The summed E-state index contributed by atoms with van der Waals surface area (Å²) >= 11 is 6.46. The number of nitrogens with one attached hydrogen (secondary N) is 1. The largest absolute Gasteiger partial charge is 0.384 e. The van der Waals surface area contributed by atoms with E-state index in [1.165, 1.54) is 0 Å². The third-order valence-corrected chi connectivity index (χ3v) is 6.42. The Morgan fingerprint density at radius 2 is 2.10 bits per heavy atom. The molecule has 3 aromatic rings. The van der Waals surface area contributed by atoms with Gasteiger partial charge in [-0.2, -0.15) is 5.10 Å². The normalized spacial score (nSPS) is 21.6. The Balaban J connectivity index is 1.54. The number of aryl methyl sites for hydroxylation is 1. The molecule has 4 atom stereocenters. The summed E-state index contributed by atoms with van der Waals surface area (Å²) in [5.74, 6) is 1.28. The second kappa shape index (κ2) is 8.36. The van der Waals surface area contributed by atoms with Crippen molar-refractivity contribution in [1.29, 1.82) is 0 Å². The second-order valence-corrected chi connectivity index (χ2v) is 8.61. The van der Waals surface area contributed by atoms with Crippen LogP contribution in [-0.2, 0) is 16.6 Å². The average molecular weight is 427 g/mol. The van der Waals surface area contributed by atoms with Crippen LogP contribution in [0.5, 0.6) is 0 Å². The third kappa shape index (κ3) is 3.94. The van der Waals surface area contributed by atoms with Crippen molar-refractivity contribution in [3.8, 4) is 0 Å². The number of pyridine rings is 1. The van der Waals surface area contributed by atoms with E-state index in [9.17, 15) is 4.79 Å². The highest BCUT2D eigenvalue weighted by molar-refractivity contribution is 6.32. The lowest BCUT2D eigenvalue weighted by Crippen LogP contribution is -2.16. The zero-order chi connectivity index (χ0) is 21.4. The minimum atomic E-state index is -0.0424. The number of amides is 1. The van der Waals surface area contributed by atoms with Gasteiger partial charge >= 0.3 is 0 Å². The number of carbonyl (C=O) groups excluding carboxylic acids is 1. The molecule has 0 aliphatic heterocycles. The van der Waals surface area contributed by atoms with E-state index in [4.69, 9.17) is 16.3 Å². The predicted octanol–water partition coefficient (Wildman–Crippen LogP) is 4.75. The van der Waals surface area contributed by atoms with Gasteiger partial charge in [-0.15, -0.1) is 0 Å². The van der Waals surface area contributed by atoms with Crippen molar-refractivity contribution in [1.82, 2.24) is 14.8 Å². The first-order valence-corrected chi connectivity index (χ1v) is 10.7. The van der Waals surface area contributed by atoms with Crippen LogP contribution < -0.4 is 5.32 Å². The topological polar surface area (TPSA) is 69.0 Å². The monoisotopic (exact) mass is 426 g/mol. The fourth-order valence-electron chi connectivity index (χ4n) is 4.48. The zero-order valence-corrected chi connectivity index (χ0v) is 18.5. The van der Waals surface area contributed by atoms with E-state index >= 15 is 0 Å². The van der Waals surface area contributed by atoms with E-state index in [2.05, 4.69) is 35.3 Å². The maximum atomic E-state index is 13.0. The van der Waals surface area contributed by atoms with Crippen LogP contribution in [0.4, 0.5) is 5.82 Å². The lowest BCUT2D eigenvalue weighted by Gasteiger charge is -2.14. The first-order valence-electron chi connectivity index (χ1n) is 10.3. The highest BCUT2D eigenvalue weighted by atomic mass is 35.5. The second-order valence-electron chi connectivity index (χ2n) is 8.21. The molecular formula is C23H27ClN4O2. The Morgan fingerprint density at radius 3 is 2.77 bits per heavy atom. The standard InChI is InChI=1S/C23H27ClN4O2/c1-5-17-21(16-10-26-28(3)11-16)22(17)23(29)27-20-8-14-6-18(13(2)12-30-4)19(24)7-15(14)9-25-20/h6-11,13,17,21-22H,5,12H2,1-4H3,(H,25,27,29)/t13-,17?,21?,22?/m0/s1. The summed E-state index contributed by atoms with van der Waals surface area (Å²) in [6, 6.07) is 5.89. The molecule has 2 aromatic heterocycles. The molecule has 1 aliphatic rings. The van der Waals surface area contributed by atoms with Crippen molar-refractivity contribution in [2.75, 3.05) is 19.0 Å². The summed E-state index contributed by atoms with van der Waals surface area (Å²) < 4.78 is 7.05. The number of fused-ring (bicyclic) bond motifs is 1. The smallest absolute Gasteiger partial charge is 0.229 e. The van der Waals surface area contributed by atoms with E-state index in [1.54, 1.807) is 18.0 Å². The van der Waals surface area contributed by atoms with Gasteiger partial charge in [0.1, 0.15) is 5.82 Å². The molecule has 0 saturated heterocycles. The van der Waals surface area contributed by atoms with Gasteiger partial charge in [-0.05, 0) is 40.6 Å². The Bertz CT molecular complexity index is 1080. The molecule has 0 radical (unpaired) electrons. The van der Waals surface area contributed by atoms with Crippen LogP contribution in [0.3, 0.4) is 0 Å². The fourth-order valence-corrected chi connectivity index (χ4v) is 4.84. The maximum Gasteiger partial charge on any atom is 0.229 e. The van der Waals surface area contributed by atoms with Crippen LogP contribution in [0, 0.1) is 11.8 Å². The van der Waals surface area contributed by atoms with Gasteiger partial charge in [-0.3, -0.25) is 9.48 Å². The van der Waals surface area contributed by atoms with Crippen LogP contribution in [0.15, 0.2) is 36.8 Å². The molecule has 158 valence electrons. The van der Waals surface area contributed by atoms with Crippen molar-refractivity contribution in [2.24, 2.45) is 18.9 Å². The van der Waals surface area contributed by atoms with Gasteiger partial charge in [-0.1, -0.05) is 31.9 Å². The van der Waals surface area contributed by atoms with Crippen LogP contribution in [0.2, 0.25) is 5.02 Å². The molecule has 6 nitrogen and oxygen atoms in total. The molecule has 2 heterocycles. The molecule has 7 heteroatoms. The first kappa shape index (κ1) is 20.8. The Morgan fingerprint density at radius 1 is 1.30 bits per heavy atom. The maximum absolute atomic E-state index is 13.0. The molecule has 1 amide bonds. The van der Waals surface area contributed by atoms with Gasteiger partial charge in [0, 0.05) is 54.7 Å². The van der Waals surface area contributed by atoms with Crippen LogP contribution in [0.25, 0.3) is 10.8 Å². The molecule has 0 bridgehead atoms. The quantitative estimate of drug-likeness (QED) is 0.591. The molecule has 1 aliphatic carbocycles. The molecule has 3 unspecified atom stereocenters. The van der Waals surface area contributed by atoms with Crippen molar-refractivity contribution in [3.63, 3.8) is 0 Å². The van der Waals surface area contributed by atoms with E-state index in [0.717, 1.165) is 28.3 Å². The SMILES string of the molecule is CCC1C(C(=O)Nc2cc3cc([C@@H](C)COC)c(Cl)cc3cn2)C1c1cnn(C)c1. The number of nitrogens with zero attached hydrogens (tertiary/aromatic N) is 3. The van der Waals surface area contributed by atoms with Gasteiger partial charge in [0.25, 0.3) is 0 Å². The van der Waals surface area contributed by atoms with Crippen molar-refractivity contribution >= 4 is 34.1 Å². The zero-order valence-electron chi connectivity index (χ0n) is 17.7. The van der Waals surface area contributed by atoms with E-state index < -0.39 is 0 Å². The predicted molar refractivity (Wildman–Crippen MR) is 119 cm³/mol. The molecule has 1 aromatic carbocycles. The Kier molecular flexibility index (Phi) is 5.80. The Hall–Kier alpha value is -2.44. The van der Waals surface area contributed by atoms with E-state index in [-0.39, 0.29) is 23.7 Å². The minimum Gasteiger partial charge on any atom is -0.384 e. The Labute approximate surface area is 181 Å². The number of hydrogen-bond donors (Lipinski definition) is 1. The van der Waals surface area contributed by atoms with Gasteiger partial charge in [-0.25, -0.2) is 4.98 Å². The summed E-state index contributed by atoms with van der Waals surface area (Å²) in [6.07, 6.45) is 6.58. The number of aromatic nitrogens is 3. The van der Waals surface area contributed by atoms with Crippen molar-refractivity contribution in [3.05, 3.63) is 52.9 Å². The third-order valence-electron chi connectivity index (χ3n) is 6.09. The first-order chi connectivity index (χ1) is 14.4. The number of hydrogen-bond acceptors (Lipinski definition) is 4. The van der Waals surface area contributed by atoms with Crippen LogP contribution in [0.1, 0.15) is 43.2 Å². The molecule has 1 N–H and O–H groups in total. The lowest BCUT2D eigenvalue weighted by molar-refractivity contribution is -0.117. The molecule has 1 fully saturated rings. The van der Waals surface area contributed by atoms with Gasteiger partial charge in [0.15, 0.2) is 0 Å². The van der Waals surface area contributed by atoms with Crippen molar-refractivity contribution in [2.45, 2.75) is 32.1 Å². The molecule has 1 saturated carbocycles. The summed E-state index contributed by atoms with van der Waals surface area (Å²) in [4.78, 5) is 17.4. The highest BCUT2D eigenvalue weighted by Gasteiger charge is 2.54. The highest BCUT2D eigenvalue weighted by Crippen LogP contribution is 2.56. The summed E-state index contributed by atoms with van der Waals surface area (Å²) in [7, 11) is 3.58. The van der Waals surface area contributed by atoms with Gasteiger partial charge in [0.05, 0.1) is 12.8 Å². The van der Waals surface area contributed by atoms with Gasteiger partial charge < -0.3 is 10.1 Å². The minimum absolute atomic E-state index is 0.0180. The van der Waals surface area contributed by atoms with Gasteiger partial charge in [0.2, 0.25) is 5.91 Å². The van der Waals surface area contributed by atoms with Crippen LogP contribution in [-0.4, -0.2) is 34.4 Å². The van der Waals surface area contributed by atoms with Crippen LogP contribution >= 0.6 is 11.6 Å².